The molecular formula is C58H66IrN2SSi-2. The predicted octanol–water partition coefficient (Wildman–Crippen LogP) is 16.1. The first kappa shape index (κ1) is 45.8. The summed E-state index contributed by atoms with van der Waals surface area (Å²) in [5.41, 5.74) is 15.6. The zero-order chi connectivity index (χ0) is 42.8. The number of thiophene rings is 1. The molecule has 0 saturated heterocycles. The molecule has 3 aliphatic rings. The first-order valence-electron chi connectivity index (χ1n) is 24.0. The summed E-state index contributed by atoms with van der Waals surface area (Å²) in [6.45, 7) is 14.0. The number of pyridine rings is 2. The van der Waals surface area contributed by atoms with Crippen molar-refractivity contribution in [1.82, 2.24) is 9.97 Å². The van der Waals surface area contributed by atoms with E-state index in [2.05, 4.69) is 138 Å². The molecule has 0 spiro atoms. The number of fused-ring (bicyclic) bond motifs is 3. The molecule has 5 heteroatoms. The Kier molecular flexibility index (Phi) is 14.7. The topological polar surface area (TPSA) is 25.8 Å². The van der Waals surface area contributed by atoms with Gasteiger partial charge in [-0.05, 0) is 99.6 Å². The second kappa shape index (κ2) is 20.2. The maximum atomic E-state index is 4.96. The number of rotatable bonds is 9. The van der Waals surface area contributed by atoms with Crippen LogP contribution in [-0.2, 0) is 32.9 Å². The largest absolute Gasteiger partial charge is 0.305 e. The fraction of sp³-hybridized carbons (Fsp3) is 0.414. The van der Waals surface area contributed by atoms with Crippen LogP contribution in [0.5, 0.6) is 0 Å². The van der Waals surface area contributed by atoms with Crippen molar-refractivity contribution < 1.29 is 20.1 Å². The summed E-state index contributed by atoms with van der Waals surface area (Å²) in [5, 5.41) is 4.19. The maximum absolute atomic E-state index is 4.96. The van der Waals surface area contributed by atoms with Gasteiger partial charge in [-0.25, -0.2) is 0 Å². The smallest absolute Gasteiger partial charge is 0.0798 e. The van der Waals surface area contributed by atoms with Gasteiger partial charge in [0.2, 0.25) is 0 Å². The van der Waals surface area contributed by atoms with Crippen LogP contribution < -0.4 is 5.19 Å². The minimum atomic E-state index is -1.39. The molecule has 329 valence electrons. The fourth-order valence-electron chi connectivity index (χ4n) is 11.2. The Labute approximate surface area is 397 Å². The van der Waals surface area contributed by atoms with Gasteiger partial charge in [-0.3, -0.25) is 0 Å². The summed E-state index contributed by atoms with van der Waals surface area (Å²) in [4.78, 5) is 9.66. The molecule has 1 radical (unpaired) electrons. The Morgan fingerprint density at radius 2 is 1.33 bits per heavy atom. The van der Waals surface area contributed by atoms with Crippen molar-refractivity contribution >= 4 is 44.8 Å². The van der Waals surface area contributed by atoms with Crippen molar-refractivity contribution in [1.29, 1.82) is 0 Å². The molecular weight excluding hydrogens is 977 g/mol. The quantitative estimate of drug-likeness (QED) is 0.106. The minimum Gasteiger partial charge on any atom is -0.305 e. The van der Waals surface area contributed by atoms with Gasteiger partial charge in [0, 0.05) is 37.2 Å². The summed E-state index contributed by atoms with van der Waals surface area (Å²) < 4.78 is 2.62. The van der Waals surface area contributed by atoms with E-state index in [0.29, 0.717) is 0 Å². The Hall–Kier alpha value is -3.73. The van der Waals surface area contributed by atoms with Gasteiger partial charge in [-0.15, -0.1) is 58.7 Å². The summed E-state index contributed by atoms with van der Waals surface area (Å²) in [6, 6.07) is 36.7. The minimum absolute atomic E-state index is 0. The molecule has 0 bridgehead atoms. The Balaban J connectivity index is 0.000000172. The third kappa shape index (κ3) is 10.5. The van der Waals surface area contributed by atoms with Crippen molar-refractivity contribution in [3.05, 3.63) is 137 Å². The van der Waals surface area contributed by atoms with E-state index in [1.165, 1.54) is 161 Å². The van der Waals surface area contributed by atoms with E-state index in [4.69, 9.17) is 9.97 Å². The van der Waals surface area contributed by atoms with E-state index in [1.54, 1.807) is 10.8 Å². The summed E-state index contributed by atoms with van der Waals surface area (Å²) >= 11 is 1.86. The van der Waals surface area contributed by atoms with Crippen LogP contribution in [0.25, 0.3) is 53.8 Å². The molecule has 3 aliphatic carbocycles. The molecule has 0 aliphatic heterocycles. The molecule has 4 aromatic carbocycles. The first-order chi connectivity index (χ1) is 30.1. The van der Waals surface area contributed by atoms with Gasteiger partial charge in [0.05, 0.1) is 8.07 Å². The Morgan fingerprint density at radius 1 is 0.635 bits per heavy atom. The van der Waals surface area contributed by atoms with Crippen LogP contribution in [0.1, 0.15) is 123 Å². The van der Waals surface area contributed by atoms with Gasteiger partial charge in [0.25, 0.3) is 0 Å². The van der Waals surface area contributed by atoms with Gasteiger partial charge >= 0.3 is 0 Å². The van der Waals surface area contributed by atoms with Crippen LogP contribution in [0.15, 0.2) is 91.3 Å². The zero-order valence-corrected chi connectivity index (χ0v) is 42.8. The first-order valence-corrected chi connectivity index (χ1v) is 28.3. The molecule has 3 heterocycles. The molecule has 2 nitrogen and oxygen atoms in total. The molecule has 0 N–H and O–H groups in total. The molecule has 63 heavy (non-hydrogen) atoms. The SMILES string of the molecule is Cc1cc(C2CCCCC2)c[c-]c1-c1cc(CC2CCCC2)c([Si](C)(C)C)cn1.Cc1cccc(C)c1-c1ccc2c(c1)sc1c[c-]c(-c3cc(CC4CCCC4)ccn3)cc12.[Ir]. The van der Waals surface area contributed by atoms with Crippen LogP contribution >= 0.6 is 11.3 Å². The monoisotopic (exact) mass is 1040 g/mol. The number of aryl methyl sites for hydroxylation is 3. The third-order valence-corrected chi connectivity index (χ3v) is 17.7. The number of nitrogens with zero attached hydrogens (tertiary/aromatic N) is 2. The standard InChI is InChI=1S/C31H28NS.C27H38NSi.Ir/c1-20-6-5-7-21(2)31(20)25-10-12-26-27-18-24(11-13-29(27)33-30(26)19-25)28-17-23(14-15-32-28)16-22-8-3-4-9-22;1-20-16-23(22-12-6-5-7-13-22)14-15-25(20)26-18-24(17-21-10-8-9-11-21)27(19-28-26)29(2,3)4;/h5-7,10,12-15,17-19,22H,3-4,8-9,16H2,1-2H3;14,16,18-19,21-22H,5-13,17H2,1-4H3;/q2*-1;. The van der Waals surface area contributed by atoms with E-state index >= 15 is 0 Å². The zero-order valence-electron chi connectivity index (χ0n) is 38.6. The molecule has 0 amide bonds. The van der Waals surface area contributed by atoms with Crippen molar-refractivity contribution in [3.63, 3.8) is 0 Å². The van der Waals surface area contributed by atoms with E-state index in [-0.39, 0.29) is 20.1 Å². The van der Waals surface area contributed by atoms with E-state index in [9.17, 15) is 0 Å². The second-order valence-electron chi connectivity index (χ2n) is 20.3. The third-order valence-electron chi connectivity index (χ3n) is 14.5. The van der Waals surface area contributed by atoms with Crippen molar-refractivity contribution in [2.24, 2.45) is 11.8 Å². The molecule has 3 saturated carbocycles. The number of hydrogen-bond donors (Lipinski definition) is 0. The van der Waals surface area contributed by atoms with Crippen LogP contribution in [-0.4, -0.2) is 18.0 Å². The van der Waals surface area contributed by atoms with Gasteiger partial charge in [0.15, 0.2) is 0 Å². The molecule has 7 aromatic rings. The average Bonchev–Trinajstić information content (AvgIpc) is 4.06. The van der Waals surface area contributed by atoms with Crippen LogP contribution in [0, 0.1) is 44.7 Å². The van der Waals surface area contributed by atoms with Crippen molar-refractivity contribution in [2.45, 2.75) is 143 Å². The van der Waals surface area contributed by atoms with Gasteiger partial charge in [0.1, 0.15) is 0 Å². The Bertz CT molecular complexity index is 2650. The van der Waals surface area contributed by atoms with Crippen molar-refractivity contribution in [3.8, 4) is 33.6 Å². The van der Waals surface area contributed by atoms with E-state index in [1.807, 2.05) is 17.5 Å². The van der Waals surface area contributed by atoms with E-state index in [0.717, 1.165) is 34.7 Å². The Morgan fingerprint density at radius 3 is 2.03 bits per heavy atom. The van der Waals surface area contributed by atoms with Crippen LogP contribution in [0.2, 0.25) is 19.6 Å². The number of hydrogen-bond acceptors (Lipinski definition) is 3. The maximum Gasteiger partial charge on any atom is 0.0798 e. The number of aromatic nitrogens is 2. The second-order valence-corrected chi connectivity index (χ2v) is 26.4. The molecule has 10 rings (SSSR count). The van der Waals surface area contributed by atoms with Crippen LogP contribution in [0.3, 0.4) is 0 Å². The molecule has 3 fully saturated rings. The summed E-state index contributed by atoms with van der Waals surface area (Å²) in [6.07, 6.45) is 24.7. The van der Waals surface area contributed by atoms with Crippen LogP contribution in [0.4, 0.5) is 0 Å². The average molecular weight is 1040 g/mol. The normalized spacial score (nSPS) is 16.3. The van der Waals surface area contributed by atoms with E-state index < -0.39 is 8.07 Å². The van der Waals surface area contributed by atoms with Crippen molar-refractivity contribution in [2.75, 3.05) is 0 Å². The van der Waals surface area contributed by atoms with Gasteiger partial charge in [-0.1, -0.05) is 175 Å². The van der Waals surface area contributed by atoms with Gasteiger partial charge in [-0.2, -0.15) is 11.3 Å². The van der Waals surface area contributed by atoms with Gasteiger partial charge < -0.3 is 9.97 Å². The predicted molar refractivity (Wildman–Crippen MR) is 270 cm³/mol. The molecule has 3 aromatic heterocycles. The fourth-order valence-corrected chi connectivity index (χ4v) is 13.9. The summed E-state index contributed by atoms with van der Waals surface area (Å²) in [7, 11) is -1.39. The number of benzene rings is 4. The molecule has 0 unspecified atom stereocenters. The summed E-state index contributed by atoms with van der Waals surface area (Å²) in [5.74, 6) is 2.46. The molecule has 0 atom stereocenters.